The number of aryl methyl sites for hydroxylation is 2. The number of hydrogen-bond donors (Lipinski definition) is 1. The molecule has 156 valence electrons. The zero-order valence-electron chi connectivity index (χ0n) is 16.3. The molecule has 5 nitrogen and oxygen atoms in total. The molecule has 0 bridgehead atoms. The van der Waals surface area contributed by atoms with Crippen LogP contribution >= 0.6 is 56.8 Å². The Balaban J connectivity index is 0.000000171. The van der Waals surface area contributed by atoms with E-state index >= 15 is 0 Å². The van der Waals surface area contributed by atoms with E-state index < -0.39 is 0 Å². The lowest BCUT2D eigenvalue weighted by atomic mass is 10.2. The highest BCUT2D eigenvalue weighted by Gasteiger charge is 2.07. The Morgan fingerprint density at radius 3 is 1.80 bits per heavy atom. The van der Waals surface area contributed by atoms with Gasteiger partial charge in [0.05, 0.1) is 16.1 Å². The highest BCUT2D eigenvalue weighted by Crippen LogP contribution is 2.25. The van der Waals surface area contributed by atoms with Crippen molar-refractivity contribution in [2.45, 2.75) is 26.9 Å². The normalized spacial score (nSPS) is 10.8. The van der Waals surface area contributed by atoms with Gasteiger partial charge in [-0.05, 0) is 95.4 Å². The second-order valence-corrected chi connectivity index (χ2v) is 9.41. The number of nitrogens with zero attached hydrogens (tertiary/aromatic N) is 2. The molecule has 4 rings (SSSR count). The summed E-state index contributed by atoms with van der Waals surface area (Å²) >= 11 is 10.5. The Labute approximate surface area is 205 Å². The number of aromatic nitrogens is 2. The fraction of sp³-hybridized carbons (Fsp3) is 0.182. The first-order valence-corrected chi connectivity index (χ1v) is 11.8. The molecule has 0 fully saturated rings. The van der Waals surface area contributed by atoms with Gasteiger partial charge >= 0.3 is 0 Å². The van der Waals surface area contributed by atoms with Crippen molar-refractivity contribution in [3.8, 4) is 5.75 Å². The maximum atomic E-state index is 11.6. The zero-order valence-corrected chi connectivity index (χ0v) is 21.4. The molecule has 2 aromatic carbocycles. The first kappa shape index (κ1) is 23.1. The van der Waals surface area contributed by atoms with Gasteiger partial charge in [0.15, 0.2) is 0 Å². The maximum Gasteiger partial charge on any atom is 0.254 e. The van der Waals surface area contributed by atoms with Gasteiger partial charge in [0.1, 0.15) is 5.75 Å². The van der Waals surface area contributed by atoms with Crippen molar-refractivity contribution in [1.82, 2.24) is 9.13 Å². The van der Waals surface area contributed by atoms with Crippen LogP contribution in [0.25, 0.3) is 21.8 Å². The first-order valence-electron chi connectivity index (χ1n) is 9.27. The highest BCUT2D eigenvalue weighted by molar-refractivity contribution is 14.1. The topological polar surface area (TPSA) is 64.2 Å². The molecule has 2 aromatic heterocycles. The Hall–Kier alpha value is -1.59. The van der Waals surface area contributed by atoms with Crippen LogP contribution in [0.3, 0.4) is 0 Å². The van der Waals surface area contributed by atoms with Crippen molar-refractivity contribution in [2.24, 2.45) is 0 Å². The molecule has 4 aromatic rings. The van der Waals surface area contributed by atoms with Crippen molar-refractivity contribution in [1.29, 1.82) is 0 Å². The number of hydrogen-bond acceptors (Lipinski definition) is 3. The van der Waals surface area contributed by atoms with Gasteiger partial charge in [-0.1, -0.05) is 11.6 Å². The number of rotatable bonds is 2. The standard InChI is InChI=1S/C11H9ClINO.C11H10INO2/c1-2-14-10-4-3-7(13)5-8(10)9(12)6-11(14)15;1-2-13-9-4-3-7(12)5-8(9)10(14)6-11(13)15/h3-6H,2H2,1H3;3-6,14H,2H2,1H3. The van der Waals surface area contributed by atoms with Crippen LogP contribution in [0, 0.1) is 7.14 Å². The van der Waals surface area contributed by atoms with Crippen LogP contribution in [0.5, 0.6) is 5.75 Å². The van der Waals surface area contributed by atoms with E-state index in [1.54, 1.807) is 9.13 Å². The van der Waals surface area contributed by atoms with Gasteiger partial charge in [-0.15, -0.1) is 0 Å². The van der Waals surface area contributed by atoms with Crippen LogP contribution in [-0.2, 0) is 13.1 Å². The van der Waals surface area contributed by atoms with E-state index in [9.17, 15) is 14.7 Å². The first-order chi connectivity index (χ1) is 14.3. The summed E-state index contributed by atoms with van der Waals surface area (Å²) in [6, 6.07) is 14.3. The molecule has 0 aliphatic rings. The molecule has 0 unspecified atom stereocenters. The van der Waals surface area contributed by atoms with Gasteiger partial charge in [0.25, 0.3) is 11.1 Å². The van der Waals surface area contributed by atoms with Crippen LogP contribution in [0.1, 0.15) is 13.8 Å². The van der Waals surface area contributed by atoms with E-state index in [1.807, 2.05) is 50.2 Å². The van der Waals surface area contributed by atoms with Crippen LogP contribution in [-0.4, -0.2) is 14.2 Å². The van der Waals surface area contributed by atoms with Crippen molar-refractivity contribution in [3.63, 3.8) is 0 Å². The van der Waals surface area contributed by atoms with Crippen LogP contribution in [0.2, 0.25) is 5.02 Å². The number of aromatic hydroxyl groups is 1. The molecule has 8 heteroatoms. The van der Waals surface area contributed by atoms with E-state index in [1.165, 1.54) is 12.1 Å². The van der Waals surface area contributed by atoms with E-state index in [0.29, 0.717) is 18.1 Å². The monoisotopic (exact) mass is 648 g/mol. The minimum absolute atomic E-state index is 0.0452. The third kappa shape index (κ3) is 4.67. The lowest BCUT2D eigenvalue weighted by molar-refractivity contribution is 0.479. The van der Waals surface area contributed by atoms with Gasteiger partial charge in [-0.3, -0.25) is 9.59 Å². The van der Waals surface area contributed by atoms with Gasteiger partial charge in [-0.25, -0.2) is 0 Å². The Morgan fingerprint density at radius 1 is 0.800 bits per heavy atom. The predicted molar refractivity (Wildman–Crippen MR) is 140 cm³/mol. The molecule has 0 radical (unpaired) electrons. The second kappa shape index (κ2) is 9.69. The second-order valence-electron chi connectivity index (χ2n) is 6.51. The summed E-state index contributed by atoms with van der Waals surface area (Å²) in [6.45, 7) is 5.13. The van der Waals surface area contributed by atoms with Crippen molar-refractivity contribution in [3.05, 3.63) is 81.4 Å². The number of pyridine rings is 2. The lowest BCUT2D eigenvalue weighted by Gasteiger charge is -2.08. The highest BCUT2D eigenvalue weighted by atomic mass is 127. The fourth-order valence-corrected chi connectivity index (χ4v) is 4.54. The molecule has 0 aliphatic heterocycles. The average molecular weight is 649 g/mol. The smallest absolute Gasteiger partial charge is 0.254 e. The van der Waals surface area contributed by atoms with Gasteiger partial charge < -0.3 is 14.2 Å². The summed E-state index contributed by atoms with van der Waals surface area (Å²) in [5, 5.41) is 11.9. The molecule has 30 heavy (non-hydrogen) atoms. The Kier molecular flexibility index (Phi) is 7.46. The molecule has 0 saturated carbocycles. The molecule has 0 spiro atoms. The average Bonchev–Trinajstić information content (AvgIpc) is 2.70. The van der Waals surface area contributed by atoms with Crippen LogP contribution in [0.15, 0.2) is 58.1 Å². The van der Waals surface area contributed by atoms with Gasteiger partial charge in [-0.2, -0.15) is 0 Å². The van der Waals surface area contributed by atoms with E-state index in [0.717, 1.165) is 28.9 Å². The number of benzene rings is 2. The maximum absolute atomic E-state index is 11.6. The SMILES string of the molecule is CCn1c(=O)cc(Cl)c2cc(I)ccc21.CCn1c(=O)cc(O)c2cc(I)ccc21. The summed E-state index contributed by atoms with van der Waals surface area (Å²) in [5.41, 5.74) is 1.47. The van der Waals surface area contributed by atoms with E-state index in [4.69, 9.17) is 11.6 Å². The van der Waals surface area contributed by atoms with Crippen LogP contribution in [0.4, 0.5) is 0 Å². The molecule has 2 heterocycles. The predicted octanol–water partition coefficient (Wildman–Crippen LogP) is 5.61. The van der Waals surface area contributed by atoms with E-state index in [2.05, 4.69) is 45.2 Å². The molecule has 0 atom stereocenters. The largest absolute Gasteiger partial charge is 0.507 e. The summed E-state index contributed by atoms with van der Waals surface area (Å²) < 4.78 is 5.52. The Morgan fingerprint density at radius 2 is 1.27 bits per heavy atom. The minimum atomic E-state index is -0.163. The van der Waals surface area contributed by atoms with Crippen molar-refractivity contribution in [2.75, 3.05) is 0 Å². The zero-order chi connectivity index (χ0) is 22.0. The third-order valence-corrected chi connectivity index (χ3v) is 6.36. The quantitative estimate of drug-likeness (QED) is 0.288. The lowest BCUT2D eigenvalue weighted by Crippen LogP contribution is -2.18. The third-order valence-electron chi connectivity index (χ3n) is 4.71. The Bertz CT molecular complexity index is 1260. The molecule has 0 saturated heterocycles. The fourth-order valence-electron chi connectivity index (χ4n) is 3.31. The molecular weight excluding hydrogens is 630 g/mol. The van der Waals surface area contributed by atoms with Crippen molar-refractivity contribution >= 4 is 78.6 Å². The van der Waals surface area contributed by atoms with E-state index in [-0.39, 0.29) is 16.9 Å². The van der Waals surface area contributed by atoms with Gasteiger partial charge in [0.2, 0.25) is 0 Å². The summed E-state index contributed by atoms with van der Waals surface area (Å²) in [6.07, 6.45) is 0. The van der Waals surface area contributed by atoms with Crippen LogP contribution < -0.4 is 11.1 Å². The summed E-state index contributed by atoms with van der Waals surface area (Å²) in [4.78, 5) is 23.2. The molecule has 1 N–H and O–H groups in total. The van der Waals surface area contributed by atoms with Crippen molar-refractivity contribution < 1.29 is 5.11 Å². The minimum Gasteiger partial charge on any atom is -0.507 e. The summed E-state index contributed by atoms with van der Waals surface area (Å²) in [7, 11) is 0. The van der Waals surface area contributed by atoms with Gasteiger partial charge in [0, 0.05) is 43.1 Å². The molecular formula is C22H19ClI2N2O3. The number of fused-ring (bicyclic) bond motifs is 2. The molecule has 0 amide bonds. The molecule has 0 aliphatic carbocycles. The summed E-state index contributed by atoms with van der Waals surface area (Å²) in [5.74, 6) is 0.0539. The number of halogens is 3.